The summed E-state index contributed by atoms with van der Waals surface area (Å²) in [5.41, 5.74) is 1.25. The number of rotatable bonds is 14. The Morgan fingerprint density at radius 3 is 1.85 bits per heavy atom. The number of nitrogens with zero attached hydrogens (tertiary/aromatic N) is 1. The van der Waals surface area contributed by atoms with Crippen LogP contribution < -0.4 is 0 Å². The molecule has 27 heavy (non-hydrogen) atoms. The van der Waals surface area contributed by atoms with Crippen LogP contribution in [0.25, 0.3) is 0 Å². The minimum absolute atomic E-state index is 0.209. The normalized spacial score (nSPS) is 15.1. The van der Waals surface area contributed by atoms with Crippen molar-refractivity contribution >= 4 is 5.71 Å². The Bertz CT molecular complexity index is 478. The van der Waals surface area contributed by atoms with Crippen molar-refractivity contribution in [2.45, 2.75) is 98.4 Å². The van der Waals surface area contributed by atoms with E-state index in [0.29, 0.717) is 13.2 Å². The van der Waals surface area contributed by atoms with E-state index >= 15 is 0 Å². The van der Waals surface area contributed by atoms with Crippen molar-refractivity contribution in [3.63, 3.8) is 0 Å². The summed E-state index contributed by atoms with van der Waals surface area (Å²) in [4.78, 5) is 4.22. The molecule has 0 fully saturated rings. The Morgan fingerprint density at radius 2 is 1.41 bits per heavy atom. The van der Waals surface area contributed by atoms with Gasteiger partial charge in [0.15, 0.2) is 0 Å². The monoisotopic (exact) mass is 383 g/mol. The zero-order valence-electron chi connectivity index (χ0n) is 19.7. The summed E-state index contributed by atoms with van der Waals surface area (Å²) >= 11 is 0. The molecule has 1 unspecified atom stereocenters. The van der Waals surface area contributed by atoms with E-state index in [2.05, 4.69) is 60.0 Å². The van der Waals surface area contributed by atoms with Gasteiger partial charge >= 0.3 is 0 Å². The van der Waals surface area contributed by atoms with Gasteiger partial charge in [-0.3, -0.25) is 4.99 Å². The molecule has 0 N–H and O–H groups in total. The Kier molecular flexibility index (Phi) is 11.0. The van der Waals surface area contributed by atoms with Crippen LogP contribution in [0.1, 0.15) is 81.6 Å². The van der Waals surface area contributed by atoms with Gasteiger partial charge < -0.3 is 14.2 Å². The largest absolute Gasteiger partial charge is 0.376 e. The first-order valence-electron chi connectivity index (χ1n) is 10.2. The van der Waals surface area contributed by atoms with Gasteiger partial charge in [0.05, 0.1) is 30.0 Å². The molecule has 0 aliphatic rings. The van der Waals surface area contributed by atoms with Crippen LogP contribution in [0.2, 0.25) is 0 Å². The predicted octanol–water partition coefficient (Wildman–Crippen LogP) is 5.85. The van der Waals surface area contributed by atoms with E-state index in [1.54, 1.807) is 7.05 Å². The highest BCUT2D eigenvalue weighted by Crippen LogP contribution is 2.37. The van der Waals surface area contributed by atoms with Crippen molar-refractivity contribution in [1.29, 1.82) is 0 Å². The highest BCUT2D eigenvalue weighted by atomic mass is 16.5. The van der Waals surface area contributed by atoms with Crippen molar-refractivity contribution < 1.29 is 14.2 Å². The zero-order chi connectivity index (χ0) is 21.3. The summed E-state index contributed by atoms with van der Waals surface area (Å²) in [6, 6.07) is 0. The van der Waals surface area contributed by atoms with Gasteiger partial charge in [0.2, 0.25) is 0 Å². The Morgan fingerprint density at radius 1 is 0.889 bits per heavy atom. The van der Waals surface area contributed by atoms with Gasteiger partial charge in [-0.05, 0) is 80.6 Å². The quantitative estimate of drug-likeness (QED) is 0.279. The second-order valence-corrected chi connectivity index (χ2v) is 9.57. The van der Waals surface area contributed by atoms with E-state index in [9.17, 15) is 0 Å². The van der Waals surface area contributed by atoms with Crippen LogP contribution in [0.15, 0.2) is 17.1 Å². The smallest absolute Gasteiger partial charge is 0.0848 e. The lowest BCUT2D eigenvalue weighted by Crippen LogP contribution is -2.44. The molecule has 4 heteroatoms. The molecular weight excluding hydrogens is 338 g/mol. The first-order valence-corrected chi connectivity index (χ1v) is 10.2. The topological polar surface area (TPSA) is 40.0 Å². The molecule has 0 saturated carbocycles. The molecule has 0 aromatic heterocycles. The molecule has 0 aromatic rings. The third kappa shape index (κ3) is 11.7. The minimum Gasteiger partial charge on any atom is -0.376 e. The maximum absolute atomic E-state index is 6.31. The van der Waals surface area contributed by atoms with Crippen LogP contribution in [0.3, 0.4) is 0 Å². The van der Waals surface area contributed by atoms with E-state index in [1.807, 2.05) is 13.8 Å². The molecule has 0 aliphatic carbocycles. The third-order valence-corrected chi connectivity index (χ3v) is 4.90. The molecule has 0 spiro atoms. The summed E-state index contributed by atoms with van der Waals surface area (Å²) in [6.45, 7) is 25.0. The molecule has 4 nitrogen and oxygen atoms in total. The van der Waals surface area contributed by atoms with Gasteiger partial charge in [-0.25, -0.2) is 0 Å². The van der Waals surface area contributed by atoms with Crippen LogP contribution in [0.4, 0.5) is 0 Å². The van der Waals surface area contributed by atoms with Gasteiger partial charge in [-0.2, -0.15) is 0 Å². The fourth-order valence-electron chi connectivity index (χ4n) is 3.04. The first-order chi connectivity index (χ1) is 12.2. The molecule has 160 valence electrons. The number of ether oxygens (including phenoxy) is 3. The van der Waals surface area contributed by atoms with Gasteiger partial charge in [0, 0.05) is 19.4 Å². The van der Waals surface area contributed by atoms with Crippen LogP contribution in [-0.2, 0) is 14.2 Å². The fourth-order valence-corrected chi connectivity index (χ4v) is 3.04. The maximum Gasteiger partial charge on any atom is 0.0848 e. The summed E-state index contributed by atoms with van der Waals surface area (Å²) in [5, 5.41) is 0. The SMILES string of the molecule is C=C(C)COC(C)(C)CC(CC(C)(C)OCCC)C(C)(C)OC/C(C)=N/C. The minimum atomic E-state index is -0.317. The second-order valence-electron chi connectivity index (χ2n) is 9.57. The van der Waals surface area contributed by atoms with Gasteiger partial charge in [-0.15, -0.1) is 0 Å². The lowest BCUT2D eigenvalue weighted by Gasteiger charge is -2.42. The summed E-state index contributed by atoms with van der Waals surface area (Å²) in [5.74, 6) is 0.272. The molecule has 1 atom stereocenters. The van der Waals surface area contributed by atoms with Crippen molar-refractivity contribution in [2.75, 3.05) is 26.9 Å². The molecule has 0 heterocycles. The molecule has 0 amide bonds. The molecular formula is C23H45NO3. The first kappa shape index (κ1) is 26.3. The summed E-state index contributed by atoms with van der Waals surface area (Å²) < 4.78 is 18.6. The lowest BCUT2D eigenvalue weighted by atomic mass is 9.76. The van der Waals surface area contributed by atoms with E-state index in [4.69, 9.17) is 14.2 Å². The molecule has 0 aliphatic heterocycles. The molecule has 0 saturated heterocycles. The summed E-state index contributed by atoms with van der Waals surface area (Å²) in [7, 11) is 1.81. The maximum atomic E-state index is 6.31. The highest BCUT2D eigenvalue weighted by Gasteiger charge is 2.39. The molecule has 0 aromatic carbocycles. The predicted molar refractivity (Wildman–Crippen MR) is 117 cm³/mol. The van der Waals surface area contributed by atoms with E-state index < -0.39 is 0 Å². The van der Waals surface area contributed by atoms with Crippen LogP contribution in [0, 0.1) is 5.92 Å². The molecule has 0 rings (SSSR count). The van der Waals surface area contributed by atoms with Crippen molar-refractivity contribution in [1.82, 2.24) is 0 Å². The van der Waals surface area contributed by atoms with E-state index in [-0.39, 0.29) is 22.7 Å². The van der Waals surface area contributed by atoms with Crippen LogP contribution in [0.5, 0.6) is 0 Å². The zero-order valence-corrected chi connectivity index (χ0v) is 19.7. The standard InChI is InChI=1S/C23H45NO3/c1-12-13-25-21(5,6)14-20(15-22(7,8)26-16-18(2)3)23(9,10)27-17-19(4)24-11/h20H,2,12-17H2,1,3-11H3/b24-19+. The van der Waals surface area contributed by atoms with Crippen LogP contribution >= 0.6 is 0 Å². The Labute approximate surface area is 168 Å². The average molecular weight is 384 g/mol. The number of aliphatic imine (C=N–C) groups is 1. The number of hydrogen-bond acceptors (Lipinski definition) is 4. The molecule has 0 radical (unpaired) electrons. The fraction of sp³-hybridized carbons (Fsp3) is 0.870. The van der Waals surface area contributed by atoms with Gasteiger partial charge in [0.25, 0.3) is 0 Å². The Balaban J connectivity index is 5.37. The highest BCUT2D eigenvalue weighted by molar-refractivity contribution is 5.82. The van der Waals surface area contributed by atoms with Crippen LogP contribution in [-0.4, -0.2) is 49.4 Å². The third-order valence-electron chi connectivity index (χ3n) is 4.90. The number of hydrogen-bond donors (Lipinski definition) is 0. The van der Waals surface area contributed by atoms with Gasteiger partial charge in [-0.1, -0.05) is 19.1 Å². The van der Waals surface area contributed by atoms with Crippen molar-refractivity contribution in [3.8, 4) is 0 Å². The van der Waals surface area contributed by atoms with E-state index in [1.165, 1.54) is 0 Å². The average Bonchev–Trinajstić information content (AvgIpc) is 2.55. The Hall–Kier alpha value is -0.710. The summed E-state index contributed by atoms with van der Waals surface area (Å²) in [6.07, 6.45) is 2.81. The van der Waals surface area contributed by atoms with Crippen molar-refractivity contribution in [2.24, 2.45) is 10.9 Å². The molecule has 0 bridgehead atoms. The van der Waals surface area contributed by atoms with Gasteiger partial charge in [0.1, 0.15) is 0 Å². The van der Waals surface area contributed by atoms with E-state index in [0.717, 1.165) is 37.2 Å². The second kappa shape index (κ2) is 11.3. The lowest BCUT2D eigenvalue weighted by molar-refractivity contribution is -0.116. The van der Waals surface area contributed by atoms with Crippen molar-refractivity contribution in [3.05, 3.63) is 12.2 Å².